The molecule has 0 saturated heterocycles. The van der Waals surface area contributed by atoms with Crippen molar-refractivity contribution in [1.82, 2.24) is 19.8 Å². The average molecular weight is 609 g/mol. The van der Waals surface area contributed by atoms with Gasteiger partial charge in [-0.25, -0.2) is 4.52 Å². The molecule has 0 aliphatic heterocycles. The third-order valence-electron chi connectivity index (χ3n) is 6.86. The highest BCUT2D eigenvalue weighted by atomic mass is 16.3. The number of para-hydroxylation sites is 1. The van der Waals surface area contributed by atoms with Crippen molar-refractivity contribution in [1.29, 1.82) is 0 Å². The minimum absolute atomic E-state index is 0. The van der Waals surface area contributed by atoms with E-state index in [2.05, 4.69) is 15.3 Å². The van der Waals surface area contributed by atoms with Crippen LogP contribution in [-0.2, 0) is 0 Å². The second-order valence-electron chi connectivity index (χ2n) is 13.1. The Labute approximate surface area is 264 Å². The highest BCUT2D eigenvalue weighted by Crippen LogP contribution is 2.26. The molecule has 4 aromatic heterocycles. The van der Waals surface area contributed by atoms with Crippen LogP contribution >= 0.6 is 0 Å². The smallest absolute Gasteiger partial charge is 0.203 e. The van der Waals surface area contributed by atoms with Gasteiger partial charge in [0.25, 0.3) is 0 Å². The number of carbonyl (C=O) groups is 3. The molecule has 6 aromatic rings. The first-order valence-corrected chi connectivity index (χ1v) is 14.6. The van der Waals surface area contributed by atoms with E-state index in [0.29, 0.717) is 11.5 Å². The van der Waals surface area contributed by atoms with Gasteiger partial charge in [0.15, 0.2) is 17.3 Å². The molecule has 0 aliphatic rings. The van der Waals surface area contributed by atoms with Crippen LogP contribution in [0.1, 0.15) is 94.2 Å². The van der Waals surface area contributed by atoms with Crippen molar-refractivity contribution in [2.75, 3.05) is 0 Å². The van der Waals surface area contributed by atoms with Gasteiger partial charge >= 0.3 is 0 Å². The highest BCUT2D eigenvalue weighted by molar-refractivity contribution is 6.02. The number of hydrogen-bond donors (Lipinski definition) is 1. The average Bonchev–Trinajstić information content (AvgIpc) is 3.73. The first kappa shape index (κ1) is 34.6. The zero-order valence-electron chi connectivity index (χ0n) is 26.6. The van der Waals surface area contributed by atoms with Crippen LogP contribution in [0.4, 0.5) is 0 Å². The molecule has 2 aromatic carbocycles. The van der Waals surface area contributed by atoms with E-state index in [4.69, 9.17) is 4.42 Å². The van der Waals surface area contributed by atoms with Gasteiger partial charge in [0, 0.05) is 39.3 Å². The van der Waals surface area contributed by atoms with Crippen molar-refractivity contribution in [2.24, 2.45) is 16.7 Å². The number of ketones is 3. The molecule has 45 heavy (non-hydrogen) atoms. The quantitative estimate of drug-likeness (QED) is 0.200. The Morgan fingerprint density at radius 2 is 1.47 bits per heavy atom. The molecule has 8 nitrogen and oxygen atoms in total. The molecule has 1 N–H and O–H groups in total. The second-order valence-corrected chi connectivity index (χ2v) is 13.1. The number of benzene rings is 2. The lowest BCUT2D eigenvalue weighted by atomic mass is 9.86. The third-order valence-corrected chi connectivity index (χ3v) is 6.86. The van der Waals surface area contributed by atoms with Gasteiger partial charge in [-0.05, 0) is 36.4 Å². The predicted molar refractivity (Wildman–Crippen MR) is 181 cm³/mol. The normalized spacial score (nSPS) is 11.4. The number of nitrogens with one attached hydrogen (secondary N) is 1. The molecule has 8 heteroatoms. The Balaban J connectivity index is 0.000000182. The molecule has 0 atom stereocenters. The summed E-state index contributed by atoms with van der Waals surface area (Å²) in [7, 11) is 0. The van der Waals surface area contributed by atoms with E-state index in [1.807, 2.05) is 134 Å². The maximum atomic E-state index is 12.0. The summed E-state index contributed by atoms with van der Waals surface area (Å²) in [5.41, 5.74) is 3.18. The molecule has 0 unspecified atom stereocenters. The molecule has 4 heterocycles. The molecular formula is C37H44N4O4. The second kappa shape index (κ2) is 13.8. The van der Waals surface area contributed by atoms with Crippen LogP contribution in [0, 0.1) is 16.7 Å². The van der Waals surface area contributed by atoms with Crippen LogP contribution in [-0.4, -0.2) is 37.2 Å². The topological polar surface area (TPSA) is 110 Å². The molecule has 6 rings (SSSR count). The number of rotatable bonds is 4. The van der Waals surface area contributed by atoms with E-state index in [1.54, 1.807) is 10.7 Å². The Morgan fingerprint density at radius 3 is 2.09 bits per heavy atom. The molecule has 0 amide bonds. The summed E-state index contributed by atoms with van der Waals surface area (Å²) in [5, 5.41) is 13.0. The van der Waals surface area contributed by atoms with Crippen molar-refractivity contribution in [3.05, 3.63) is 102 Å². The summed E-state index contributed by atoms with van der Waals surface area (Å²) in [5.74, 6) is 0.731. The maximum absolute atomic E-state index is 12.0. The predicted octanol–water partition coefficient (Wildman–Crippen LogP) is 9.26. The van der Waals surface area contributed by atoms with Gasteiger partial charge in [-0.2, -0.15) is 10.2 Å². The number of aromatic amines is 1. The monoisotopic (exact) mass is 608 g/mol. The zero-order chi connectivity index (χ0) is 32.2. The fraction of sp³-hybridized carbons (Fsp3) is 0.324. The lowest BCUT2D eigenvalue weighted by Crippen LogP contribution is -2.19. The van der Waals surface area contributed by atoms with Crippen molar-refractivity contribution < 1.29 is 18.8 Å². The van der Waals surface area contributed by atoms with Crippen molar-refractivity contribution in [3.8, 4) is 0 Å². The number of fused-ring (bicyclic) bond motifs is 3. The molecule has 236 valence electrons. The molecule has 0 fully saturated rings. The summed E-state index contributed by atoms with van der Waals surface area (Å²) in [6.07, 6.45) is 3.59. The lowest BCUT2D eigenvalue weighted by molar-refractivity contribution is 0.0829. The van der Waals surface area contributed by atoms with Gasteiger partial charge < -0.3 is 4.42 Å². The highest BCUT2D eigenvalue weighted by Gasteiger charge is 2.26. The Morgan fingerprint density at radius 1 is 0.800 bits per heavy atom. The van der Waals surface area contributed by atoms with Gasteiger partial charge in [-0.3, -0.25) is 19.5 Å². The fourth-order valence-electron chi connectivity index (χ4n) is 4.33. The maximum Gasteiger partial charge on any atom is 0.203 e. The standard InChI is InChI=1S/C13H14O2.C12H14N2O.C11H12N2O.CH4/c1-13(2,3)12(14)11-8-9-6-4-5-7-10(9)15-11;1-12(2,3)11(15)8-4-5-9-7-13-14-10(9)6-8;1-8(2)11(14)10-7-9-5-3-4-6-13(9)12-10;/h4-8H,1-3H3;4-7H,1-3H3,(H,13,14);3-8H,1-2H3;1H4. The first-order chi connectivity index (χ1) is 20.6. The number of aromatic nitrogens is 4. The molecule has 0 spiro atoms. The Kier molecular flexibility index (Phi) is 10.7. The zero-order valence-corrected chi connectivity index (χ0v) is 26.6. The number of Topliss-reactive ketones (excluding diaryl/α,β-unsaturated/α-hetero) is 3. The van der Waals surface area contributed by atoms with E-state index in [1.165, 1.54) is 0 Å². The van der Waals surface area contributed by atoms with Gasteiger partial charge in [-0.1, -0.05) is 99.2 Å². The molecule has 0 aliphatic carbocycles. The van der Waals surface area contributed by atoms with Crippen molar-refractivity contribution >= 4 is 44.7 Å². The summed E-state index contributed by atoms with van der Waals surface area (Å²) in [6.45, 7) is 15.2. The number of furan rings is 1. The number of H-pyrrole nitrogens is 1. The van der Waals surface area contributed by atoms with Gasteiger partial charge in [0.05, 0.1) is 17.2 Å². The van der Waals surface area contributed by atoms with Crippen LogP contribution in [0.25, 0.3) is 27.4 Å². The Bertz CT molecular complexity index is 1840. The molecular weight excluding hydrogens is 564 g/mol. The van der Waals surface area contributed by atoms with Gasteiger partial charge in [0.1, 0.15) is 11.3 Å². The largest absolute Gasteiger partial charge is 0.453 e. The van der Waals surface area contributed by atoms with E-state index in [-0.39, 0.29) is 36.1 Å². The van der Waals surface area contributed by atoms with Crippen LogP contribution in [0.2, 0.25) is 0 Å². The fourth-order valence-corrected chi connectivity index (χ4v) is 4.33. The van der Waals surface area contributed by atoms with E-state index >= 15 is 0 Å². The molecule has 0 radical (unpaired) electrons. The van der Waals surface area contributed by atoms with Crippen molar-refractivity contribution in [3.63, 3.8) is 0 Å². The van der Waals surface area contributed by atoms with Crippen LogP contribution in [0.3, 0.4) is 0 Å². The summed E-state index contributed by atoms with van der Waals surface area (Å²) in [4.78, 5) is 35.6. The number of hydrogen-bond acceptors (Lipinski definition) is 6. The van der Waals surface area contributed by atoms with E-state index in [0.717, 1.165) is 33.0 Å². The Hall–Kier alpha value is -4.85. The van der Waals surface area contributed by atoms with E-state index in [9.17, 15) is 14.4 Å². The van der Waals surface area contributed by atoms with Crippen LogP contribution < -0.4 is 0 Å². The van der Waals surface area contributed by atoms with Crippen molar-refractivity contribution in [2.45, 2.75) is 62.8 Å². The number of carbonyl (C=O) groups excluding carboxylic acids is 3. The van der Waals surface area contributed by atoms with Crippen LogP contribution in [0.5, 0.6) is 0 Å². The summed E-state index contributed by atoms with van der Waals surface area (Å²) >= 11 is 0. The van der Waals surface area contributed by atoms with Gasteiger partial charge in [0.2, 0.25) is 5.78 Å². The summed E-state index contributed by atoms with van der Waals surface area (Å²) < 4.78 is 7.22. The van der Waals surface area contributed by atoms with Crippen LogP contribution in [0.15, 0.2) is 89.6 Å². The molecule has 0 bridgehead atoms. The van der Waals surface area contributed by atoms with E-state index < -0.39 is 5.41 Å². The number of nitrogens with zero attached hydrogens (tertiary/aromatic N) is 3. The summed E-state index contributed by atoms with van der Waals surface area (Å²) in [6, 6.07) is 22.7. The lowest BCUT2D eigenvalue weighted by Gasteiger charge is -2.16. The third kappa shape index (κ3) is 8.41. The SMILES string of the molecule is C.CC(C)(C)C(=O)c1cc2ccccc2o1.CC(C)(C)C(=O)c1ccc2cn[nH]c2c1.CC(C)C(=O)c1cc2ccccn2n1. The molecule has 0 saturated carbocycles. The van der Waals surface area contributed by atoms with Gasteiger partial charge in [-0.15, -0.1) is 0 Å². The number of pyridine rings is 1. The minimum Gasteiger partial charge on any atom is -0.453 e. The first-order valence-electron chi connectivity index (χ1n) is 14.6. The minimum atomic E-state index is -0.395.